The lowest BCUT2D eigenvalue weighted by Gasteiger charge is -2.28. The maximum atomic E-state index is 9.29. The summed E-state index contributed by atoms with van der Waals surface area (Å²) in [5, 5.41) is 12.7. The number of hydrogen-bond donors (Lipinski definition) is 2. The predicted molar refractivity (Wildman–Crippen MR) is 66.0 cm³/mol. The van der Waals surface area contributed by atoms with Gasteiger partial charge in [-0.3, -0.25) is 0 Å². The summed E-state index contributed by atoms with van der Waals surface area (Å²) in [6, 6.07) is 0. The summed E-state index contributed by atoms with van der Waals surface area (Å²) in [5.74, 6) is 2.21. The van der Waals surface area contributed by atoms with Crippen LogP contribution < -0.4 is 5.32 Å². The van der Waals surface area contributed by atoms with Crippen molar-refractivity contribution in [2.75, 3.05) is 24.7 Å². The molecule has 0 amide bonds. The molecule has 86 valence electrons. The zero-order valence-corrected chi connectivity index (χ0v) is 10.6. The van der Waals surface area contributed by atoms with Crippen LogP contribution in [0.3, 0.4) is 0 Å². The first-order chi connectivity index (χ1) is 6.68. The highest BCUT2D eigenvalue weighted by Crippen LogP contribution is 2.14. The Hall–Kier alpha value is 0.270. The van der Waals surface area contributed by atoms with Crippen LogP contribution in [-0.4, -0.2) is 35.3 Å². The second-order valence-corrected chi connectivity index (χ2v) is 5.16. The predicted octanol–water partition coefficient (Wildman–Crippen LogP) is 2.27. The third-order valence-electron chi connectivity index (χ3n) is 2.21. The normalized spacial score (nSPS) is 15.4. The van der Waals surface area contributed by atoms with Crippen molar-refractivity contribution >= 4 is 11.8 Å². The van der Waals surface area contributed by atoms with Crippen molar-refractivity contribution in [3.63, 3.8) is 0 Å². The Morgan fingerprint density at radius 1 is 1.29 bits per heavy atom. The van der Waals surface area contributed by atoms with E-state index in [-0.39, 0.29) is 12.1 Å². The van der Waals surface area contributed by atoms with E-state index in [9.17, 15) is 5.11 Å². The van der Waals surface area contributed by atoms with Gasteiger partial charge >= 0.3 is 0 Å². The molecule has 1 atom stereocenters. The van der Waals surface area contributed by atoms with Crippen molar-refractivity contribution in [3.05, 3.63) is 0 Å². The molecule has 0 aliphatic rings. The van der Waals surface area contributed by atoms with Gasteiger partial charge in [0.25, 0.3) is 0 Å². The standard InChI is InChI=1S/C11H25NOS/c1-4-6-8-14-10-11(3,9-13)12-7-5-2/h12-13H,4-10H2,1-3H3. The minimum Gasteiger partial charge on any atom is -0.394 e. The van der Waals surface area contributed by atoms with Crippen LogP contribution in [0.4, 0.5) is 0 Å². The largest absolute Gasteiger partial charge is 0.394 e. The highest BCUT2D eigenvalue weighted by Gasteiger charge is 2.21. The molecular formula is C11H25NOS. The molecule has 1 unspecified atom stereocenters. The summed E-state index contributed by atoms with van der Waals surface area (Å²) in [4.78, 5) is 0. The second kappa shape index (κ2) is 8.57. The van der Waals surface area contributed by atoms with E-state index < -0.39 is 0 Å². The molecule has 0 fully saturated rings. The Kier molecular flexibility index (Phi) is 8.73. The van der Waals surface area contributed by atoms with Gasteiger partial charge in [-0.2, -0.15) is 11.8 Å². The Labute approximate surface area is 92.9 Å². The van der Waals surface area contributed by atoms with Crippen LogP contribution in [0.2, 0.25) is 0 Å². The van der Waals surface area contributed by atoms with Crippen LogP contribution >= 0.6 is 11.8 Å². The first kappa shape index (κ1) is 14.3. The minimum absolute atomic E-state index is 0.0889. The van der Waals surface area contributed by atoms with Gasteiger partial charge in [0.1, 0.15) is 0 Å². The maximum Gasteiger partial charge on any atom is 0.0618 e. The molecule has 2 N–H and O–H groups in total. The number of nitrogens with one attached hydrogen (secondary N) is 1. The van der Waals surface area contributed by atoms with Crippen LogP contribution in [0.5, 0.6) is 0 Å². The van der Waals surface area contributed by atoms with Crippen molar-refractivity contribution in [3.8, 4) is 0 Å². The molecule has 0 aliphatic heterocycles. The van der Waals surface area contributed by atoms with Gasteiger partial charge in [0.05, 0.1) is 6.61 Å². The van der Waals surface area contributed by atoms with Crippen molar-refractivity contribution < 1.29 is 5.11 Å². The number of unbranched alkanes of at least 4 members (excludes halogenated alkanes) is 1. The van der Waals surface area contributed by atoms with Gasteiger partial charge in [-0.05, 0) is 32.1 Å². The summed E-state index contributed by atoms with van der Waals surface area (Å²) in [6.07, 6.45) is 3.65. The van der Waals surface area contributed by atoms with Gasteiger partial charge in [-0.1, -0.05) is 20.3 Å². The average molecular weight is 219 g/mol. The Bertz CT molecular complexity index is 132. The lowest BCUT2D eigenvalue weighted by atomic mass is 10.1. The fraction of sp³-hybridized carbons (Fsp3) is 1.00. The van der Waals surface area contributed by atoms with Gasteiger partial charge in [0.15, 0.2) is 0 Å². The van der Waals surface area contributed by atoms with Crippen LogP contribution in [-0.2, 0) is 0 Å². The summed E-state index contributed by atoms with van der Waals surface area (Å²) < 4.78 is 0. The van der Waals surface area contributed by atoms with Gasteiger partial charge < -0.3 is 10.4 Å². The molecule has 0 aliphatic carbocycles. The molecule has 0 rings (SSSR count). The van der Waals surface area contributed by atoms with Gasteiger partial charge in [-0.25, -0.2) is 0 Å². The van der Waals surface area contributed by atoms with Crippen molar-refractivity contribution in [2.45, 2.75) is 45.6 Å². The van der Waals surface area contributed by atoms with Crippen molar-refractivity contribution in [1.29, 1.82) is 0 Å². The third-order valence-corrected chi connectivity index (χ3v) is 3.63. The zero-order valence-electron chi connectivity index (χ0n) is 9.81. The lowest BCUT2D eigenvalue weighted by Crippen LogP contribution is -2.48. The molecule has 0 saturated heterocycles. The Morgan fingerprint density at radius 2 is 2.00 bits per heavy atom. The Morgan fingerprint density at radius 3 is 2.50 bits per heavy atom. The number of thioether (sulfide) groups is 1. The first-order valence-corrected chi connectivity index (χ1v) is 6.77. The third kappa shape index (κ3) is 6.68. The van der Waals surface area contributed by atoms with Crippen molar-refractivity contribution in [1.82, 2.24) is 5.32 Å². The fourth-order valence-corrected chi connectivity index (χ4v) is 2.40. The molecule has 0 saturated carbocycles. The highest BCUT2D eigenvalue weighted by atomic mass is 32.2. The summed E-state index contributed by atoms with van der Waals surface area (Å²) in [6.45, 7) is 7.68. The van der Waals surface area contributed by atoms with Crippen LogP contribution in [0.15, 0.2) is 0 Å². The quantitative estimate of drug-likeness (QED) is 0.584. The summed E-state index contributed by atoms with van der Waals surface area (Å²) >= 11 is 1.94. The van der Waals surface area contributed by atoms with E-state index >= 15 is 0 Å². The first-order valence-electron chi connectivity index (χ1n) is 5.62. The molecule has 0 bridgehead atoms. The number of hydrogen-bond acceptors (Lipinski definition) is 3. The summed E-state index contributed by atoms with van der Waals surface area (Å²) in [7, 11) is 0. The molecule has 0 radical (unpaired) electrons. The van der Waals surface area contributed by atoms with E-state index in [2.05, 4.69) is 26.1 Å². The molecule has 0 aromatic carbocycles. The number of rotatable bonds is 9. The molecule has 2 nitrogen and oxygen atoms in total. The molecular weight excluding hydrogens is 194 g/mol. The fourth-order valence-electron chi connectivity index (χ4n) is 1.12. The van der Waals surface area contributed by atoms with Gasteiger partial charge in [-0.15, -0.1) is 0 Å². The molecule has 0 heterocycles. The van der Waals surface area contributed by atoms with Crippen LogP contribution in [0.25, 0.3) is 0 Å². The van der Waals surface area contributed by atoms with E-state index in [1.54, 1.807) is 0 Å². The topological polar surface area (TPSA) is 32.3 Å². The maximum absolute atomic E-state index is 9.29. The number of aliphatic hydroxyl groups is 1. The van der Waals surface area contributed by atoms with E-state index in [1.807, 2.05) is 11.8 Å². The number of aliphatic hydroxyl groups excluding tert-OH is 1. The Balaban J connectivity index is 3.63. The van der Waals surface area contributed by atoms with Gasteiger partial charge in [0, 0.05) is 11.3 Å². The van der Waals surface area contributed by atoms with E-state index in [4.69, 9.17) is 0 Å². The molecule has 0 aromatic rings. The van der Waals surface area contributed by atoms with E-state index in [0.29, 0.717) is 0 Å². The molecule has 0 aromatic heterocycles. The zero-order chi connectivity index (χ0) is 10.9. The smallest absolute Gasteiger partial charge is 0.0618 e. The van der Waals surface area contributed by atoms with E-state index in [1.165, 1.54) is 18.6 Å². The van der Waals surface area contributed by atoms with Gasteiger partial charge in [0.2, 0.25) is 0 Å². The minimum atomic E-state index is -0.0889. The lowest BCUT2D eigenvalue weighted by molar-refractivity contribution is 0.192. The molecule has 14 heavy (non-hydrogen) atoms. The van der Waals surface area contributed by atoms with Crippen LogP contribution in [0.1, 0.15) is 40.0 Å². The van der Waals surface area contributed by atoms with Crippen LogP contribution in [0, 0.1) is 0 Å². The summed E-state index contributed by atoms with van der Waals surface area (Å²) in [5.41, 5.74) is -0.0889. The SMILES string of the molecule is CCCCSCC(C)(CO)NCCC. The molecule has 0 spiro atoms. The van der Waals surface area contributed by atoms with Crippen molar-refractivity contribution in [2.24, 2.45) is 0 Å². The van der Waals surface area contributed by atoms with E-state index in [0.717, 1.165) is 18.7 Å². The second-order valence-electron chi connectivity index (χ2n) is 4.05. The average Bonchev–Trinajstić information content (AvgIpc) is 2.22. The highest BCUT2D eigenvalue weighted by molar-refractivity contribution is 7.99. The molecule has 3 heteroatoms. The monoisotopic (exact) mass is 219 g/mol.